The normalized spacial score (nSPS) is 9.96. The maximum absolute atomic E-state index is 12.3. The van der Waals surface area contributed by atoms with Gasteiger partial charge in [-0.1, -0.05) is 12.1 Å². The van der Waals surface area contributed by atoms with Gasteiger partial charge in [-0.15, -0.1) is 0 Å². The Labute approximate surface area is 131 Å². The Hall–Kier alpha value is -3.35. The third-order valence-electron chi connectivity index (χ3n) is 3.10. The zero-order valence-electron chi connectivity index (χ0n) is 12.1. The smallest absolute Gasteiger partial charge is 0.336 e. The molecule has 0 fully saturated rings. The van der Waals surface area contributed by atoms with Gasteiger partial charge in [-0.2, -0.15) is 0 Å². The first-order valence-electron chi connectivity index (χ1n) is 6.49. The number of anilines is 1. The average Bonchev–Trinajstić information content (AvgIpc) is 2.54. The number of hydrogen-bond acceptors (Lipinski definition) is 4. The molecule has 2 aromatic carbocycles. The minimum absolute atomic E-state index is 0.145. The second kappa shape index (κ2) is 6.61. The summed E-state index contributed by atoms with van der Waals surface area (Å²) in [4.78, 5) is 34.5. The first-order chi connectivity index (χ1) is 10.9. The summed E-state index contributed by atoms with van der Waals surface area (Å²) < 4.78 is 5.10. The Bertz CT molecular complexity index is 784. The highest BCUT2D eigenvalue weighted by Crippen LogP contribution is 2.24. The fourth-order valence-corrected chi connectivity index (χ4v) is 1.99. The fraction of sp³-hybridized carbons (Fsp3) is 0.0625. The summed E-state index contributed by atoms with van der Waals surface area (Å²) >= 11 is 0. The number of carbonyl (C=O) groups excluding carboxylic acids is 1. The first-order valence-corrected chi connectivity index (χ1v) is 6.49. The molecule has 7 heteroatoms. The molecule has 0 aliphatic carbocycles. The molecule has 118 valence electrons. The Morgan fingerprint density at radius 2 is 1.65 bits per heavy atom. The lowest BCUT2D eigenvalue weighted by atomic mass is 10.0. The van der Waals surface area contributed by atoms with Gasteiger partial charge >= 0.3 is 11.9 Å². The largest absolute Gasteiger partial charge is 0.495 e. The summed E-state index contributed by atoms with van der Waals surface area (Å²) in [6.07, 6.45) is 0. The van der Waals surface area contributed by atoms with Crippen molar-refractivity contribution in [1.29, 1.82) is 0 Å². The number of para-hydroxylation sites is 2. The molecule has 3 N–H and O–H groups in total. The van der Waals surface area contributed by atoms with E-state index >= 15 is 0 Å². The van der Waals surface area contributed by atoms with E-state index in [2.05, 4.69) is 5.32 Å². The van der Waals surface area contributed by atoms with Crippen molar-refractivity contribution in [3.8, 4) is 5.75 Å². The molecule has 0 unspecified atom stereocenters. The van der Waals surface area contributed by atoms with Crippen LogP contribution >= 0.6 is 0 Å². The molecule has 0 saturated heterocycles. The number of benzene rings is 2. The Kier molecular flexibility index (Phi) is 4.61. The summed E-state index contributed by atoms with van der Waals surface area (Å²) in [6.45, 7) is 0. The van der Waals surface area contributed by atoms with Gasteiger partial charge in [0.1, 0.15) is 5.75 Å². The average molecular weight is 315 g/mol. The zero-order chi connectivity index (χ0) is 17.0. The van der Waals surface area contributed by atoms with Gasteiger partial charge in [0.15, 0.2) is 0 Å². The topological polar surface area (TPSA) is 113 Å². The van der Waals surface area contributed by atoms with E-state index in [0.717, 1.165) is 12.1 Å². The van der Waals surface area contributed by atoms with Crippen LogP contribution in [0.4, 0.5) is 5.69 Å². The molecule has 0 bridgehead atoms. The van der Waals surface area contributed by atoms with Gasteiger partial charge in [0, 0.05) is 0 Å². The molecule has 2 rings (SSSR count). The lowest BCUT2D eigenvalue weighted by molar-refractivity contribution is 0.0692. The lowest BCUT2D eigenvalue weighted by Gasteiger charge is -2.11. The van der Waals surface area contributed by atoms with Crippen molar-refractivity contribution < 1.29 is 29.3 Å². The molecule has 0 aromatic heterocycles. The Balaban J connectivity index is 2.39. The number of aromatic carboxylic acids is 2. The van der Waals surface area contributed by atoms with E-state index in [-0.39, 0.29) is 11.1 Å². The minimum atomic E-state index is -1.39. The summed E-state index contributed by atoms with van der Waals surface area (Å²) in [6, 6.07) is 9.93. The second-order valence-corrected chi connectivity index (χ2v) is 4.53. The molecule has 0 aliphatic rings. The molecule has 0 heterocycles. The number of carboxylic acid groups (broad SMARTS) is 2. The van der Waals surface area contributed by atoms with Crippen molar-refractivity contribution >= 4 is 23.5 Å². The van der Waals surface area contributed by atoms with E-state index in [1.54, 1.807) is 24.3 Å². The third kappa shape index (κ3) is 3.46. The van der Waals surface area contributed by atoms with Gasteiger partial charge in [0.25, 0.3) is 5.91 Å². The quantitative estimate of drug-likeness (QED) is 0.780. The highest BCUT2D eigenvalue weighted by molar-refractivity contribution is 6.12. The summed E-state index contributed by atoms with van der Waals surface area (Å²) in [5, 5.41) is 20.7. The minimum Gasteiger partial charge on any atom is -0.495 e. The highest BCUT2D eigenvalue weighted by atomic mass is 16.5. The number of rotatable bonds is 5. The van der Waals surface area contributed by atoms with Crippen LogP contribution in [0.3, 0.4) is 0 Å². The molecule has 1 amide bonds. The maximum atomic E-state index is 12.3. The van der Waals surface area contributed by atoms with Gasteiger partial charge in [0.2, 0.25) is 0 Å². The molecule has 0 radical (unpaired) electrons. The molecule has 0 saturated carbocycles. The van der Waals surface area contributed by atoms with Crippen LogP contribution in [0.25, 0.3) is 0 Å². The standard InChI is InChI=1S/C16H13NO6/c1-23-13-5-3-2-4-12(13)17-14(18)10-7-6-9(15(19)20)8-11(10)16(21)22/h2-8H,1H3,(H,17,18)(H,19,20)(H,21,22). The Morgan fingerprint density at radius 3 is 2.26 bits per heavy atom. The van der Waals surface area contributed by atoms with Crippen LogP contribution in [0.1, 0.15) is 31.1 Å². The predicted octanol–water partition coefficient (Wildman–Crippen LogP) is 2.34. The van der Waals surface area contributed by atoms with Crippen LogP contribution in [-0.2, 0) is 0 Å². The number of amides is 1. The highest BCUT2D eigenvalue weighted by Gasteiger charge is 2.19. The van der Waals surface area contributed by atoms with E-state index in [1.165, 1.54) is 13.2 Å². The van der Waals surface area contributed by atoms with Crippen LogP contribution in [0.15, 0.2) is 42.5 Å². The summed E-state index contributed by atoms with van der Waals surface area (Å²) in [5.41, 5.74) is -0.374. The lowest BCUT2D eigenvalue weighted by Crippen LogP contribution is -2.17. The fourth-order valence-electron chi connectivity index (χ4n) is 1.99. The number of hydrogen-bond donors (Lipinski definition) is 3. The molecule has 0 atom stereocenters. The van der Waals surface area contributed by atoms with Gasteiger partial charge in [0.05, 0.1) is 29.5 Å². The third-order valence-corrected chi connectivity index (χ3v) is 3.10. The maximum Gasteiger partial charge on any atom is 0.336 e. The Morgan fingerprint density at radius 1 is 0.957 bits per heavy atom. The van der Waals surface area contributed by atoms with Crippen LogP contribution in [0.2, 0.25) is 0 Å². The van der Waals surface area contributed by atoms with Crippen molar-refractivity contribution in [3.05, 3.63) is 59.2 Å². The second-order valence-electron chi connectivity index (χ2n) is 4.53. The van der Waals surface area contributed by atoms with Gasteiger partial charge < -0.3 is 20.3 Å². The van der Waals surface area contributed by atoms with Crippen molar-refractivity contribution in [1.82, 2.24) is 0 Å². The van der Waals surface area contributed by atoms with Crippen molar-refractivity contribution in [2.75, 3.05) is 12.4 Å². The molecule has 0 spiro atoms. The molecule has 2 aromatic rings. The monoisotopic (exact) mass is 315 g/mol. The van der Waals surface area contributed by atoms with Crippen LogP contribution in [-0.4, -0.2) is 35.2 Å². The van der Waals surface area contributed by atoms with E-state index in [1.807, 2.05) is 0 Å². The SMILES string of the molecule is COc1ccccc1NC(=O)c1ccc(C(=O)O)cc1C(=O)O. The van der Waals surface area contributed by atoms with Gasteiger partial charge in [-0.3, -0.25) is 4.79 Å². The van der Waals surface area contributed by atoms with E-state index in [0.29, 0.717) is 11.4 Å². The number of carboxylic acids is 2. The van der Waals surface area contributed by atoms with E-state index in [4.69, 9.17) is 9.84 Å². The summed E-state index contributed by atoms with van der Waals surface area (Å²) in [7, 11) is 1.44. The number of carbonyl (C=O) groups is 3. The van der Waals surface area contributed by atoms with Crippen LogP contribution in [0, 0.1) is 0 Å². The van der Waals surface area contributed by atoms with Crippen molar-refractivity contribution in [3.63, 3.8) is 0 Å². The first kappa shape index (κ1) is 16.0. The predicted molar refractivity (Wildman–Crippen MR) is 81.3 cm³/mol. The van der Waals surface area contributed by atoms with Crippen LogP contribution < -0.4 is 10.1 Å². The van der Waals surface area contributed by atoms with Gasteiger partial charge in [-0.05, 0) is 30.3 Å². The number of ether oxygens (including phenoxy) is 1. The van der Waals surface area contributed by atoms with E-state index in [9.17, 15) is 19.5 Å². The van der Waals surface area contributed by atoms with E-state index < -0.39 is 23.4 Å². The van der Waals surface area contributed by atoms with Crippen molar-refractivity contribution in [2.24, 2.45) is 0 Å². The number of nitrogens with one attached hydrogen (secondary N) is 1. The number of methoxy groups -OCH3 is 1. The van der Waals surface area contributed by atoms with Crippen molar-refractivity contribution in [2.45, 2.75) is 0 Å². The molecule has 7 nitrogen and oxygen atoms in total. The molecular formula is C16H13NO6. The van der Waals surface area contributed by atoms with Gasteiger partial charge in [-0.25, -0.2) is 9.59 Å². The molecule has 0 aliphatic heterocycles. The summed E-state index contributed by atoms with van der Waals surface area (Å²) in [5.74, 6) is -2.92. The zero-order valence-corrected chi connectivity index (χ0v) is 12.1. The molecular weight excluding hydrogens is 302 g/mol. The van der Waals surface area contributed by atoms with Crippen LogP contribution in [0.5, 0.6) is 5.75 Å². The molecule has 23 heavy (non-hydrogen) atoms.